The molecule has 1 aliphatic rings. The minimum atomic E-state index is 0. The lowest BCUT2D eigenvalue weighted by molar-refractivity contribution is 0.561. The van der Waals surface area contributed by atoms with E-state index in [1.165, 1.54) is 30.4 Å². The average molecular weight is 198 g/mol. The van der Waals surface area contributed by atoms with E-state index in [1.54, 1.807) is 0 Å². The first kappa shape index (κ1) is 10.6. The van der Waals surface area contributed by atoms with Crippen molar-refractivity contribution in [2.24, 2.45) is 5.73 Å². The van der Waals surface area contributed by atoms with Crippen LogP contribution >= 0.6 is 12.4 Å². The molecule has 0 aromatic heterocycles. The number of hydrogen-bond donors (Lipinski definition) is 1. The summed E-state index contributed by atoms with van der Waals surface area (Å²) in [6.07, 6.45) is 3.82. The topological polar surface area (TPSA) is 26.0 Å². The molecule has 0 spiro atoms. The van der Waals surface area contributed by atoms with Gasteiger partial charge >= 0.3 is 0 Å². The van der Waals surface area contributed by atoms with Gasteiger partial charge in [0.05, 0.1) is 0 Å². The minimum Gasteiger partial charge on any atom is -0.330 e. The molecule has 0 saturated carbocycles. The fourth-order valence-electron chi connectivity index (χ4n) is 2.10. The van der Waals surface area contributed by atoms with Crippen molar-refractivity contribution in [3.05, 3.63) is 35.4 Å². The molecule has 0 aliphatic heterocycles. The van der Waals surface area contributed by atoms with Gasteiger partial charge in [0.15, 0.2) is 0 Å². The first-order valence-electron chi connectivity index (χ1n) is 4.69. The van der Waals surface area contributed by atoms with Crippen molar-refractivity contribution in [1.82, 2.24) is 0 Å². The van der Waals surface area contributed by atoms with Crippen molar-refractivity contribution < 1.29 is 0 Å². The zero-order valence-electron chi connectivity index (χ0n) is 7.70. The number of benzene rings is 1. The summed E-state index contributed by atoms with van der Waals surface area (Å²) in [4.78, 5) is 0. The Balaban J connectivity index is 0.000000845. The van der Waals surface area contributed by atoms with Gasteiger partial charge in [0.1, 0.15) is 0 Å². The summed E-state index contributed by atoms with van der Waals surface area (Å²) in [6, 6.07) is 8.70. The number of hydrogen-bond acceptors (Lipinski definition) is 1. The van der Waals surface area contributed by atoms with Gasteiger partial charge in [-0.2, -0.15) is 0 Å². The van der Waals surface area contributed by atoms with Gasteiger partial charge in [-0.1, -0.05) is 24.3 Å². The van der Waals surface area contributed by atoms with Gasteiger partial charge in [-0.05, 0) is 42.9 Å². The van der Waals surface area contributed by atoms with E-state index in [9.17, 15) is 0 Å². The second-order valence-electron chi connectivity index (χ2n) is 3.52. The second-order valence-corrected chi connectivity index (χ2v) is 3.52. The summed E-state index contributed by atoms with van der Waals surface area (Å²) in [7, 11) is 0. The summed E-state index contributed by atoms with van der Waals surface area (Å²) < 4.78 is 0. The number of fused-ring (bicyclic) bond motifs is 1. The molecule has 1 unspecified atom stereocenters. The molecule has 1 aliphatic carbocycles. The van der Waals surface area contributed by atoms with E-state index in [0.717, 1.165) is 6.54 Å². The first-order chi connectivity index (χ1) is 5.92. The predicted molar refractivity (Wildman–Crippen MR) is 58.4 cm³/mol. The third-order valence-corrected chi connectivity index (χ3v) is 2.78. The molecule has 0 heterocycles. The maximum absolute atomic E-state index is 5.72. The highest BCUT2D eigenvalue weighted by Gasteiger charge is 2.17. The highest BCUT2D eigenvalue weighted by molar-refractivity contribution is 5.85. The van der Waals surface area contributed by atoms with Crippen LogP contribution in [0.5, 0.6) is 0 Å². The largest absolute Gasteiger partial charge is 0.330 e. The van der Waals surface area contributed by atoms with Gasteiger partial charge in [0.25, 0.3) is 0 Å². The van der Waals surface area contributed by atoms with Crippen LogP contribution in [0.1, 0.15) is 29.9 Å². The van der Waals surface area contributed by atoms with Crippen molar-refractivity contribution >= 4 is 12.4 Å². The molecule has 1 aromatic carbocycles. The molecule has 72 valence electrons. The Labute approximate surface area is 85.7 Å². The molecule has 1 aromatic rings. The molecule has 0 radical (unpaired) electrons. The molecule has 2 rings (SSSR count). The van der Waals surface area contributed by atoms with Gasteiger partial charge < -0.3 is 5.73 Å². The Hall–Kier alpha value is -0.530. The summed E-state index contributed by atoms with van der Waals surface area (Å²) >= 11 is 0. The number of nitrogens with two attached hydrogens (primary N) is 1. The third-order valence-electron chi connectivity index (χ3n) is 2.78. The van der Waals surface area contributed by atoms with Crippen molar-refractivity contribution in [1.29, 1.82) is 0 Å². The van der Waals surface area contributed by atoms with Gasteiger partial charge in [-0.3, -0.25) is 0 Å². The lowest BCUT2D eigenvalue weighted by atomic mass is 9.83. The Morgan fingerprint density at radius 2 is 2.08 bits per heavy atom. The van der Waals surface area contributed by atoms with Gasteiger partial charge in [-0.15, -0.1) is 12.4 Å². The molecule has 0 fully saturated rings. The van der Waals surface area contributed by atoms with Crippen LogP contribution in [0.4, 0.5) is 0 Å². The zero-order chi connectivity index (χ0) is 8.39. The minimum absolute atomic E-state index is 0. The van der Waals surface area contributed by atoms with Gasteiger partial charge in [-0.25, -0.2) is 0 Å². The smallest absolute Gasteiger partial charge is 0.000813 e. The molecule has 13 heavy (non-hydrogen) atoms. The second kappa shape index (κ2) is 4.64. The summed E-state index contributed by atoms with van der Waals surface area (Å²) in [5.41, 5.74) is 8.72. The van der Waals surface area contributed by atoms with Crippen molar-refractivity contribution in [2.45, 2.75) is 25.2 Å². The van der Waals surface area contributed by atoms with Crippen LogP contribution in [0.25, 0.3) is 0 Å². The lowest BCUT2D eigenvalue weighted by Crippen LogP contribution is -2.17. The monoisotopic (exact) mass is 197 g/mol. The first-order valence-corrected chi connectivity index (χ1v) is 4.69. The molecule has 0 amide bonds. The van der Waals surface area contributed by atoms with Crippen LogP contribution in [0, 0.1) is 0 Å². The Bertz CT molecular complexity index is 273. The fourth-order valence-corrected chi connectivity index (χ4v) is 2.10. The quantitative estimate of drug-likeness (QED) is 0.736. The molecule has 1 nitrogen and oxygen atoms in total. The highest BCUT2D eigenvalue weighted by atomic mass is 35.5. The van der Waals surface area contributed by atoms with Crippen LogP contribution in [0.3, 0.4) is 0 Å². The highest BCUT2D eigenvalue weighted by Crippen LogP contribution is 2.30. The van der Waals surface area contributed by atoms with Crippen LogP contribution < -0.4 is 5.73 Å². The number of halogens is 1. The maximum atomic E-state index is 5.72. The van der Waals surface area contributed by atoms with Crippen LogP contribution in [-0.4, -0.2) is 6.54 Å². The molecule has 0 saturated heterocycles. The van der Waals surface area contributed by atoms with E-state index in [4.69, 9.17) is 5.73 Å². The predicted octanol–water partition coefficient (Wildman–Crippen LogP) is 2.49. The summed E-state index contributed by atoms with van der Waals surface area (Å²) in [5.74, 6) is 0.620. The SMILES string of the molecule is Cl.NCC1CCCc2ccccc21. The Morgan fingerprint density at radius 3 is 2.85 bits per heavy atom. The van der Waals surface area contributed by atoms with E-state index in [0.29, 0.717) is 5.92 Å². The van der Waals surface area contributed by atoms with E-state index >= 15 is 0 Å². The third kappa shape index (κ3) is 2.04. The molecular weight excluding hydrogens is 182 g/mol. The number of rotatable bonds is 1. The molecule has 2 heteroatoms. The standard InChI is InChI=1S/C11H15N.ClH/c12-8-10-6-3-5-9-4-1-2-7-11(9)10;/h1-2,4,7,10H,3,5-6,8,12H2;1H. The summed E-state index contributed by atoms with van der Waals surface area (Å²) in [6.45, 7) is 0.803. The van der Waals surface area contributed by atoms with E-state index in [-0.39, 0.29) is 12.4 Å². The molecule has 2 N–H and O–H groups in total. The van der Waals surface area contributed by atoms with E-state index < -0.39 is 0 Å². The maximum Gasteiger partial charge on any atom is -0.000813 e. The normalized spacial score (nSPS) is 20.2. The molecular formula is C11H16ClN. The van der Waals surface area contributed by atoms with E-state index in [2.05, 4.69) is 24.3 Å². The average Bonchev–Trinajstić information content (AvgIpc) is 2.17. The fraction of sp³-hybridized carbons (Fsp3) is 0.455. The van der Waals surface area contributed by atoms with Crippen LogP contribution in [0.2, 0.25) is 0 Å². The van der Waals surface area contributed by atoms with Crippen molar-refractivity contribution in [3.8, 4) is 0 Å². The Morgan fingerprint density at radius 1 is 1.31 bits per heavy atom. The lowest BCUT2D eigenvalue weighted by Gasteiger charge is -2.23. The molecule has 0 bridgehead atoms. The zero-order valence-corrected chi connectivity index (χ0v) is 8.52. The van der Waals surface area contributed by atoms with Crippen molar-refractivity contribution in [2.75, 3.05) is 6.54 Å². The van der Waals surface area contributed by atoms with Crippen LogP contribution in [0.15, 0.2) is 24.3 Å². The van der Waals surface area contributed by atoms with Gasteiger partial charge in [0.2, 0.25) is 0 Å². The van der Waals surface area contributed by atoms with Gasteiger partial charge in [0, 0.05) is 0 Å². The van der Waals surface area contributed by atoms with Crippen molar-refractivity contribution in [3.63, 3.8) is 0 Å². The van der Waals surface area contributed by atoms with Crippen LogP contribution in [-0.2, 0) is 6.42 Å². The summed E-state index contributed by atoms with van der Waals surface area (Å²) in [5, 5.41) is 0. The molecule has 1 atom stereocenters. The Kier molecular flexibility index (Phi) is 3.76. The number of aryl methyl sites for hydroxylation is 1. The van der Waals surface area contributed by atoms with E-state index in [1.807, 2.05) is 0 Å².